The molecule has 0 radical (unpaired) electrons. The summed E-state index contributed by atoms with van der Waals surface area (Å²) in [6, 6.07) is 3.05. The van der Waals surface area contributed by atoms with Crippen LogP contribution in [0.4, 0.5) is 0 Å². The van der Waals surface area contributed by atoms with E-state index in [-0.39, 0.29) is 5.75 Å². The fraction of sp³-hybridized carbons (Fsp3) is 0.222. The van der Waals surface area contributed by atoms with Crippen LogP contribution in [0, 0.1) is 0 Å². The average Bonchev–Trinajstić information content (AvgIpc) is 2.50. The zero-order valence-electron chi connectivity index (χ0n) is 6.41. The number of benzene rings is 1. The second kappa shape index (κ2) is 2.52. The summed E-state index contributed by atoms with van der Waals surface area (Å²) in [4.78, 5) is 10.5. The van der Waals surface area contributed by atoms with Crippen LogP contribution >= 0.6 is 0 Å². The van der Waals surface area contributed by atoms with Crippen LogP contribution in [-0.4, -0.2) is 18.0 Å². The summed E-state index contributed by atoms with van der Waals surface area (Å²) in [6.07, 6.45) is 1.47. The summed E-state index contributed by atoms with van der Waals surface area (Å²) in [5, 5.41) is 9.19. The third-order valence-electron chi connectivity index (χ3n) is 1.92. The normalized spacial score (nSPS) is 13.7. The molecule has 1 heterocycles. The molecule has 0 unspecified atom stereocenters. The first-order chi connectivity index (χ1) is 5.81. The number of phenols is 1. The summed E-state index contributed by atoms with van der Waals surface area (Å²) in [7, 11) is 0. The fourth-order valence-electron chi connectivity index (χ4n) is 1.41. The highest BCUT2D eigenvalue weighted by Crippen LogP contribution is 2.32. The van der Waals surface area contributed by atoms with Crippen molar-refractivity contribution in [1.29, 1.82) is 0 Å². The van der Waals surface area contributed by atoms with Crippen LogP contribution in [0.5, 0.6) is 11.5 Å². The molecule has 0 saturated carbocycles. The van der Waals surface area contributed by atoms with Crippen LogP contribution in [0.15, 0.2) is 12.1 Å². The Hall–Kier alpha value is -1.51. The number of ether oxygens (including phenoxy) is 1. The first-order valence-electron chi connectivity index (χ1n) is 3.75. The van der Waals surface area contributed by atoms with Crippen molar-refractivity contribution in [1.82, 2.24) is 0 Å². The molecule has 0 spiro atoms. The van der Waals surface area contributed by atoms with E-state index < -0.39 is 0 Å². The Bertz CT molecular complexity index is 331. The van der Waals surface area contributed by atoms with Crippen LogP contribution < -0.4 is 4.74 Å². The molecule has 0 saturated heterocycles. The highest BCUT2D eigenvalue weighted by atomic mass is 16.5. The Balaban J connectivity index is 2.62. The number of carbonyl (C=O) groups excluding carboxylic acids is 1. The van der Waals surface area contributed by atoms with Gasteiger partial charge in [-0.1, -0.05) is 0 Å². The lowest BCUT2D eigenvalue weighted by Crippen LogP contribution is -1.89. The first kappa shape index (κ1) is 7.16. The molecule has 1 aliphatic rings. The topological polar surface area (TPSA) is 46.5 Å². The third-order valence-corrected chi connectivity index (χ3v) is 1.92. The van der Waals surface area contributed by atoms with Gasteiger partial charge in [-0.05, 0) is 12.1 Å². The maximum atomic E-state index is 10.5. The van der Waals surface area contributed by atoms with E-state index in [1.54, 1.807) is 6.07 Å². The highest BCUT2D eigenvalue weighted by Gasteiger charge is 2.16. The molecule has 1 aromatic rings. The molecule has 62 valence electrons. The van der Waals surface area contributed by atoms with Gasteiger partial charge < -0.3 is 9.84 Å². The van der Waals surface area contributed by atoms with E-state index >= 15 is 0 Å². The van der Waals surface area contributed by atoms with Gasteiger partial charge in [0.25, 0.3) is 0 Å². The van der Waals surface area contributed by atoms with Crippen molar-refractivity contribution >= 4 is 6.29 Å². The smallest absolute Gasteiger partial charge is 0.153 e. The second-order valence-corrected chi connectivity index (χ2v) is 2.74. The minimum Gasteiger partial charge on any atom is -0.508 e. The van der Waals surface area contributed by atoms with E-state index in [9.17, 15) is 9.90 Å². The molecule has 0 aromatic heterocycles. The fourth-order valence-corrected chi connectivity index (χ4v) is 1.41. The van der Waals surface area contributed by atoms with Crippen molar-refractivity contribution in [2.45, 2.75) is 6.42 Å². The summed E-state index contributed by atoms with van der Waals surface area (Å²) in [6.45, 7) is 0.597. The Morgan fingerprint density at radius 1 is 1.50 bits per heavy atom. The van der Waals surface area contributed by atoms with Gasteiger partial charge >= 0.3 is 0 Å². The summed E-state index contributed by atoms with van der Waals surface area (Å²) in [5.74, 6) is 0.754. The van der Waals surface area contributed by atoms with Gasteiger partial charge in [-0.2, -0.15) is 0 Å². The second-order valence-electron chi connectivity index (χ2n) is 2.74. The van der Waals surface area contributed by atoms with Crippen LogP contribution in [0.3, 0.4) is 0 Å². The summed E-state index contributed by atoms with van der Waals surface area (Å²) < 4.78 is 5.23. The molecule has 0 amide bonds. The van der Waals surface area contributed by atoms with Gasteiger partial charge in [-0.15, -0.1) is 0 Å². The molecule has 1 N–H and O–H groups in total. The minimum atomic E-state index is 0.126. The van der Waals surface area contributed by atoms with Crippen molar-refractivity contribution in [3.8, 4) is 11.5 Å². The van der Waals surface area contributed by atoms with E-state index in [4.69, 9.17) is 4.74 Å². The van der Waals surface area contributed by atoms with Gasteiger partial charge in [-0.3, -0.25) is 4.79 Å². The van der Waals surface area contributed by atoms with Gasteiger partial charge in [0.15, 0.2) is 6.29 Å². The van der Waals surface area contributed by atoms with Crippen molar-refractivity contribution in [3.05, 3.63) is 23.3 Å². The Morgan fingerprint density at radius 3 is 3.08 bits per heavy atom. The van der Waals surface area contributed by atoms with E-state index in [2.05, 4.69) is 0 Å². The number of hydrogen-bond acceptors (Lipinski definition) is 3. The monoisotopic (exact) mass is 164 g/mol. The SMILES string of the molecule is O=Cc1cc(O)cc2c1OCC2. The zero-order chi connectivity index (χ0) is 8.55. The molecule has 0 atom stereocenters. The van der Waals surface area contributed by atoms with Crippen LogP contribution in [0.2, 0.25) is 0 Å². The van der Waals surface area contributed by atoms with Crippen LogP contribution in [0.1, 0.15) is 15.9 Å². The first-order valence-corrected chi connectivity index (χ1v) is 3.75. The Labute approximate surface area is 69.6 Å². The molecular formula is C9H8O3. The number of fused-ring (bicyclic) bond motifs is 1. The molecule has 1 aromatic carbocycles. The molecule has 12 heavy (non-hydrogen) atoms. The number of aromatic hydroxyl groups is 1. The van der Waals surface area contributed by atoms with Crippen molar-refractivity contribution < 1.29 is 14.6 Å². The average molecular weight is 164 g/mol. The predicted molar refractivity (Wildman–Crippen MR) is 42.7 cm³/mol. The molecule has 3 nitrogen and oxygen atoms in total. The summed E-state index contributed by atoms with van der Waals surface area (Å²) >= 11 is 0. The van der Waals surface area contributed by atoms with E-state index in [0.717, 1.165) is 12.0 Å². The number of aldehydes is 1. The number of carbonyl (C=O) groups is 1. The van der Waals surface area contributed by atoms with Crippen molar-refractivity contribution in [3.63, 3.8) is 0 Å². The van der Waals surface area contributed by atoms with Gasteiger partial charge in [0.1, 0.15) is 11.5 Å². The van der Waals surface area contributed by atoms with Gasteiger partial charge in [0.2, 0.25) is 0 Å². The lowest BCUT2D eigenvalue weighted by Gasteiger charge is -2.02. The largest absolute Gasteiger partial charge is 0.508 e. The van der Waals surface area contributed by atoms with Gasteiger partial charge in [0.05, 0.1) is 12.2 Å². The molecule has 0 fully saturated rings. The number of hydrogen-bond donors (Lipinski definition) is 1. The molecule has 0 bridgehead atoms. The van der Waals surface area contributed by atoms with Crippen molar-refractivity contribution in [2.24, 2.45) is 0 Å². The summed E-state index contributed by atoms with van der Waals surface area (Å²) in [5.41, 5.74) is 1.35. The number of phenolic OH excluding ortho intramolecular Hbond substituents is 1. The van der Waals surface area contributed by atoms with E-state index in [0.29, 0.717) is 24.2 Å². The standard InChI is InChI=1S/C9H8O3/c10-5-7-4-8(11)3-6-1-2-12-9(6)7/h3-5,11H,1-2H2. The Kier molecular flexibility index (Phi) is 1.50. The number of rotatable bonds is 1. The molecule has 0 aliphatic carbocycles. The molecule has 2 rings (SSSR count). The highest BCUT2D eigenvalue weighted by molar-refractivity contribution is 5.81. The Morgan fingerprint density at radius 2 is 2.33 bits per heavy atom. The minimum absolute atomic E-state index is 0.126. The molecular weight excluding hydrogens is 156 g/mol. The van der Waals surface area contributed by atoms with E-state index in [1.807, 2.05) is 0 Å². The van der Waals surface area contributed by atoms with E-state index in [1.165, 1.54) is 6.07 Å². The molecule has 3 heteroatoms. The van der Waals surface area contributed by atoms with Gasteiger partial charge in [-0.25, -0.2) is 0 Å². The maximum Gasteiger partial charge on any atom is 0.153 e. The van der Waals surface area contributed by atoms with Crippen LogP contribution in [0.25, 0.3) is 0 Å². The molecule has 1 aliphatic heterocycles. The quantitative estimate of drug-likeness (QED) is 0.633. The lowest BCUT2D eigenvalue weighted by molar-refractivity contribution is 0.112. The van der Waals surface area contributed by atoms with Gasteiger partial charge in [0, 0.05) is 12.0 Å². The zero-order valence-corrected chi connectivity index (χ0v) is 6.41. The predicted octanol–water partition coefficient (Wildman–Crippen LogP) is 1.14. The lowest BCUT2D eigenvalue weighted by atomic mass is 10.1. The third kappa shape index (κ3) is 0.942. The van der Waals surface area contributed by atoms with Crippen LogP contribution in [-0.2, 0) is 6.42 Å². The maximum absolute atomic E-state index is 10.5. The van der Waals surface area contributed by atoms with Crippen molar-refractivity contribution in [2.75, 3.05) is 6.61 Å².